The van der Waals surface area contributed by atoms with Crippen molar-refractivity contribution in [3.05, 3.63) is 45.8 Å². The van der Waals surface area contributed by atoms with Gasteiger partial charge in [0.15, 0.2) is 0 Å². The van der Waals surface area contributed by atoms with Crippen LogP contribution in [0.15, 0.2) is 33.7 Å². The predicted molar refractivity (Wildman–Crippen MR) is 57.6 cm³/mol. The molecule has 18 heavy (non-hydrogen) atoms. The lowest BCUT2D eigenvalue weighted by atomic mass is 10.1. The highest BCUT2D eigenvalue weighted by atomic mass is 19.4. The Kier molecular flexibility index (Phi) is 2.73. The number of aryl methyl sites for hydroxylation is 1. The third-order valence-electron chi connectivity index (χ3n) is 2.43. The first-order chi connectivity index (χ1) is 8.30. The molecule has 6 heteroatoms. The fraction of sp³-hybridized carbons (Fsp3) is 0.167. The van der Waals surface area contributed by atoms with Gasteiger partial charge in [-0.1, -0.05) is 11.6 Å². The Labute approximate surface area is 98.8 Å². The minimum Gasteiger partial charge on any atom is -0.463 e. The van der Waals surface area contributed by atoms with Crippen molar-refractivity contribution in [2.24, 2.45) is 0 Å². The minimum atomic E-state index is -5.09. The lowest BCUT2D eigenvalue weighted by Crippen LogP contribution is -2.28. The maximum absolute atomic E-state index is 12.3. The zero-order valence-electron chi connectivity index (χ0n) is 9.17. The first kappa shape index (κ1) is 12.3. The van der Waals surface area contributed by atoms with Gasteiger partial charge in [-0.15, -0.1) is 0 Å². The summed E-state index contributed by atoms with van der Waals surface area (Å²) in [5.41, 5.74) is -1.14. The molecule has 0 fully saturated rings. The van der Waals surface area contributed by atoms with E-state index in [0.717, 1.165) is 0 Å². The Bertz CT molecular complexity index is 683. The summed E-state index contributed by atoms with van der Waals surface area (Å²) in [6, 6.07) is 4.50. The maximum Gasteiger partial charge on any atom is 0.455 e. The zero-order chi connectivity index (χ0) is 13.5. The van der Waals surface area contributed by atoms with Crippen LogP contribution >= 0.6 is 0 Å². The summed E-state index contributed by atoms with van der Waals surface area (Å²) < 4.78 is 41.7. The molecule has 0 unspecified atom stereocenters. The number of ketones is 1. The van der Waals surface area contributed by atoms with Crippen molar-refractivity contribution in [3.63, 3.8) is 0 Å². The second-order valence-electron chi connectivity index (χ2n) is 3.80. The van der Waals surface area contributed by atoms with Crippen LogP contribution in [0.1, 0.15) is 15.9 Å². The molecule has 1 aromatic heterocycles. The summed E-state index contributed by atoms with van der Waals surface area (Å²) >= 11 is 0. The summed E-state index contributed by atoms with van der Waals surface area (Å²) in [6.07, 6.45) is -4.54. The molecule has 1 heterocycles. The molecule has 2 aromatic rings. The van der Waals surface area contributed by atoms with E-state index in [1.807, 2.05) is 0 Å². The monoisotopic (exact) mass is 256 g/mol. The van der Waals surface area contributed by atoms with Gasteiger partial charge in [-0.25, -0.2) is 0 Å². The SMILES string of the molecule is Cc1ccc2occ(C(=O)C(F)(F)F)c(=O)c2c1. The van der Waals surface area contributed by atoms with Crippen molar-refractivity contribution in [3.8, 4) is 0 Å². The van der Waals surface area contributed by atoms with Gasteiger partial charge in [0.1, 0.15) is 17.4 Å². The summed E-state index contributed by atoms with van der Waals surface area (Å²) in [6.45, 7) is 1.68. The van der Waals surface area contributed by atoms with Crippen molar-refractivity contribution >= 4 is 16.8 Å². The number of alkyl halides is 3. The second kappa shape index (κ2) is 3.97. The van der Waals surface area contributed by atoms with E-state index in [2.05, 4.69) is 0 Å². The molecule has 0 amide bonds. The molecular formula is C12H7F3O3. The van der Waals surface area contributed by atoms with Gasteiger partial charge >= 0.3 is 6.18 Å². The van der Waals surface area contributed by atoms with Crippen LogP contribution in [0.25, 0.3) is 11.0 Å². The quantitative estimate of drug-likeness (QED) is 0.737. The zero-order valence-corrected chi connectivity index (χ0v) is 9.17. The van der Waals surface area contributed by atoms with E-state index >= 15 is 0 Å². The van der Waals surface area contributed by atoms with E-state index in [1.165, 1.54) is 12.1 Å². The average Bonchev–Trinajstić information content (AvgIpc) is 2.28. The molecule has 2 rings (SSSR count). The molecule has 0 radical (unpaired) electrons. The number of hydrogen-bond donors (Lipinski definition) is 0. The Hall–Kier alpha value is -2.11. The molecule has 94 valence electrons. The van der Waals surface area contributed by atoms with Crippen molar-refractivity contribution < 1.29 is 22.4 Å². The molecule has 0 spiro atoms. The van der Waals surface area contributed by atoms with Crippen LogP contribution in [0.2, 0.25) is 0 Å². The number of rotatable bonds is 1. The van der Waals surface area contributed by atoms with Crippen LogP contribution in [0, 0.1) is 6.92 Å². The van der Waals surface area contributed by atoms with Gasteiger partial charge in [0.05, 0.1) is 5.39 Å². The molecule has 0 aliphatic rings. The Morgan fingerprint density at radius 3 is 2.56 bits per heavy atom. The number of fused-ring (bicyclic) bond motifs is 1. The lowest BCUT2D eigenvalue weighted by molar-refractivity contribution is -0.0886. The number of carbonyl (C=O) groups is 1. The molecule has 0 bridgehead atoms. The van der Waals surface area contributed by atoms with Gasteiger partial charge in [-0.3, -0.25) is 9.59 Å². The highest BCUT2D eigenvalue weighted by Crippen LogP contribution is 2.21. The van der Waals surface area contributed by atoms with E-state index < -0.39 is 23.0 Å². The van der Waals surface area contributed by atoms with Crippen LogP contribution in [0.5, 0.6) is 0 Å². The van der Waals surface area contributed by atoms with Crippen molar-refractivity contribution in [1.29, 1.82) is 0 Å². The largest absolute Gasteiger partial charge is 0.463 e. The fourth-order valence-corrected chi connectivity index (χ4v) is 1.55. The second-order valence-corrected chi connectivity index (χ2v) is 3.80. The van der Waals surface area contributed by atoms with Crippen LogP contribution < -0.4 is 5.43 Å². The third-order valence-corrected chi connectivity index (χ3v) is 2.43. The summed E-state index contributed by atoms with van der Waals surface area (Å²) in [4.78, 5) is 22.8. The van der Waals surface area contributed by atoms with E-state index in [4.69, 9.17) is 4.42 Å². The summed E-state index contributed by atoms with van der Waals surface area (Å²) in [5, 5.41) is -0.0369. The van der Waals surface area contributed by atoms with Gasteiger partial charge in [0.25, 0.3) is 5.78 Å². The smallest absolute Gasteiger partial charge is 0.455 e. The molecule has 0 saturated carbocycles. The van der Waals surface area contributed by atoms with Crippen molar-refractivity contribution in [2.45, 2.75) is 13.1 Å². The predicted octanol–water partition coefficient (Wildman–Crippen LogP) is 2.85. The first-order valence-electron chi connectivity index (χ1n) is 4.94. The van der Waals surface area contributed by atoms with E-state index in [-0.39, 0.29) is 11.0 Å². The van der Waals surface area contributed by atoms with Crippen molar-refractivity contribution in [2.75, 3.05) is 0 Å². The first-order valence-corrected chi connectivity index (χ1v) is 4.94. The van der Waals surface area contributed by atoms with Gasteiger partial charge in [-0.05, 0) is 19.1 Å². The number of carbonyl (C=O) groups excluding carboxylic acids is 1. The van der Waals surface area contributed by atoms with Crippen LogP contribution in [-0.4, -0.2) is 12.0 Å². The Morgan fingerprint density at radius 2 is 1.94 bits per heavy atom. The summed E-state index contributed by atoms with van der Waals surface area (Å²) in [5.74, 6) is -2.19. The molecular weight excluding hydrogens is 249 g/mol. The number of hydrogen-bond acceptors (Lipinski definition) is 3. The fourth-order valence-electron chi connectivity index (χ4n) is 1.55. The molecule has 0 saturated heterocycles. The van der Waals surface area contributed by atoms with E-state index in [0.29, 0.717) is 11.8 Å². The number of Topliss-reactive ketones (excluding diaryl/α,β-unsaturated/α-hetero) is 1. The third kappa shape index (κ3) is 2.01. The van der Waals surface area contributed by atoms with Crippen molar-refractivity contribution in [1.82, 2.24) is 0 Å². The topological polar surface area (TPSA) is 47.3 Å². The van der Waals surface area contributed by atoms with Gasteiger partial charge < -0.3 is 4.42 Å². The number of halogens is 3. The molecule has 0 aliphatic carbocycles. The molecule has 0 atom stereocenters. The van der Waals surface area contributed by atoms with Gasteiger partial charge in [0.2, 0.25) is 5.43 Å². The molecule has 0 aliphatic heterocycles. The lowest BCUT2D eigenvalue weighted by Gasteiger charge is -2.05. The van der Waals surface area contributed by atoms with Gasteiger partial charge in [0, 0.05) is 0 Å². The van der Waals surface area contributed by atoms with Crippen LogP contribution in [0.3, 0.4) is 0 Å². The summed E-state index contributed by atoms with van der Waals surface area (Å²) in [7, 11) is 0. The highest BCUT2D eigenvalue weighted by molar-refractivity contribution is 6.01. The standard InChI is InChI=1S/C12H7F3O3/c1-6-2-3-9-7(4-6)10(16)8(5-18-9)11(17)12(13,14)15/h2-5H,1H3. The average molecular weight is 256 g/mol. The molecule has 0 N–H and O–H groups in total. The molecule has 1 aromatic carbocycles. The molecule has 3 nitrogen and oxygen atoms in total. The van der Waals surface area contributed by atoms with Crippen LogP contribution in [0.4, 0.5) is 13.2 Å². The highest BCUT2D eigenvalue weighted by Gasteiger charge is 2.41. The number of benzene rings is 1. The Morgan fingerprint density at radius 1 is 1.28 bits per heavy atom. The van der Waals surface area contributed by atoms with Gasteiger partial charge in [-0.2, -0.15) is 13.2 Å². The normalized spacial score (nSPS) is 11.8. The van der Waals surface area contributed by atoms with Crippen LogP contribution in [-0.2, 0) is 0 Å². The minimum absolute atomic E-state index is 0.0369. The Balaban J connectivity index is 2.72. The maximum atomic E-state index is 12.3. The van der Waals surface area contributed by atoms with E-state index in [1.54, 1.807) is 13.0 Å². The van der Waals surface area contributed by atoms with E-state index in [9.17, 15) is 22.8 Å².